The highest BCUT2D eigenvalue weighted by atomic mass is 35.5. The maximum Gasteiger partial charge on any atom is 0.0638 e. The van der Waals surface area contributed by atoms with E-state index in [9.17, 15) is 0 Å². The molecule has 1 saturated heterocycles. The molecule has 0 amide bonds. The van der Waals surface area contributed by atoms with E-state index in [2.05, 4.69) is 23.1 Å². The average Bonchev–Trinajstić information content (AvgIpc) is 2.68. The fourth-order valence-corrected chi connectivity index (χ4v) is 2.75. The van der Waals surface area contributed by atoms with Crippen LogP contribution >= 0.6 is 12.4 Å². The molecular formula is C13H25ClN4O. The molecule has 1 aliphatic heterocycles. The molecule has 19 heavy (non-hydrogen) atoms. The number of methoxy groups -OCH3 is 1. The number of hydrogen-bond acceptors (Lipinski definition) is 4. The minimum Gasteiger partial charge on any atom is -0.381 e. The second-order valence-corrected chi connectivity index (χ2v) is 5.16. The van der Waals surface area contributed by atoms with Crippen LogP contribution < -0.4 is 5.73 Å². The van der Waals surface area contributed by atoms with Gasteiger partial charge >= 0.3 is 0 Å². The summed E-state index contributed by atoms with van der Waals surface area (Å²) in [6.45, 7) is 4.75. The third kappa shape index (κ3) is 3.92. The Balaban J connectivity index is 0.00000180. The zero-order valence-electron chi connectivity index (χ0n) is 12.0. The highest BCUT2D eigenvalue weighted by Gasteiger charge is 2.27. The molecule has 2 heterocycles. The van der Waals surface area contributed by atoms with Crippen LogP contribution in [0.1, 0.15) is 24.1 Å². The number of piperidine rings is 1. The molecule has 0 aromatic carbocycles. The Kier molecular flexibility index (Phi) is 6.26. The van der Waals surface area contributed by atoms with Gasteiger partial charge < -0.3 is 10.5 Å². The number of nitrogens with two attached hydrogens (primary N) is 1. The summed E-state index contributed by atoms with van der Waals surface area (Å²) in [5.74, 6) is 0. The average molecular weight is 289 g/mol. The molecule has 0 radical (unpaired) electrons. The summed E-state index contributed by atoms with van der Waals surface area (Å²) in [5, 5.41) is 4.39. The molecule has 0 aliphatic carbocycles. The Morgan fingerprint density at radius 1 is 1.53 bits per heavy atom. The van der Waals surface area contributed by atoms with E-state index in [1.54, 1.807) is 7.11 Å². The zero-order chi connectivity index (χ0) is 13.1. The van der Waals surface area contributed by atoms with E-state index >= 15 is 0 Å². The number of likely N-dealkylation sites (tertiary alicyclic amines) is 1. The molecular weight excluding hydrogens is 264 g/mol. The van der Waals surface area contributed by atoms with Gasteiger partial charge in [0.25, 0.3) is 0 Å². The van der Waals surface area contributed by atoms with Gasteiger partial charge in [0.15, 0.2) is 0 Å². The van der Waals surface area contributed by atoms with Gasteiger partial charge in [0.2, 0.25) is 0 Å². The number of rotatable bonds is 4. The molecule has 1 aromatic heterocycles. The standard InChI is InChI=1S/C13H24N4O.ClH/c1-10-11(8-16(2)15-10)9-17-5-4-13(18-3)6-12(17)7-14;/h8,12-13H,4-7,9,14H2,1-3H3;1H. The second kappa shape index (κ2) is 7.24. The monoisotopic (exact) mass is 288 g/mol. The van der Waals surface area contributed by atoms with E-state index in [1.807, 2.05) is 11.7 Å². The maximum atomic E-state index is 5.89. The first-order valence-electron chi connectivity index (χ1n) is 6.60. The molecule has 110 valence electrons. The summed E-state index contributed by atoms with van der Waals surface area (Å²) in [5.41, 5.74) is 8.30. The Morgan fingerprint density at radius 2 is 2.26 bits per heavy atom. The van der Waals surface area contributed by atoms with E-state index in [4.69, 9.17) is 10.5 Å². The summed E-state index contributed by atoms with van der Waals surface area (Å²) < 4.78 is 7.33. The van der Waals surface area contributed by atoms with Crippen molar-refractivity contribution >= 4 is 12.4 Å². The van der Waals surface area contributed by atoms with Gasteiger partial charge in [0.1, 0.15) is 0 Å². The number of halogens is 1. The lowest BCUT2D eigenvalue weighted by atomic mass is 9.98. The van der Waals surface area contributed by atoms with Crippen molar-refractivity contribution in [3.05, 3.63) is 17.5 Å². The van der Waals surface area contributed by atoms with Crippen LogP contribution in [0.2, 0.25) is 0 Å². The Morgan fingerprint density at radius 3 is 2.79 bits per heavy atom. The largest absolute Gasteiger partial charge is 0.381 e. The number of hydrogen-bond donors (Lipinski definition) is 1. The summed E-state index contributed by atoms with van der Waals surface area (Å²) in [6.07, 6.45) is 4.59. The van der Waals surface area contributed by atoms with Crippen molar-refractivity contribution < 1.29 is 4.74 Å². The first-order chi connectivity index (χ1) is 8.63. The molecule has 6 heteroatoms. The van der Waals surface area contributed by atoms with Crippen LogP contribution in [0.3, 0.4) is 0 Å². The lowest BCUT2D eigenvalue weighted by molar-refractivity contribution is 0.0101. The Hall–Kier alpha value is -0.620. The van der Waals surface area contributed by atoms with Crippen molar-refractivity contribution in [2.24, 2.45) is 12.8 Å². The smallest absolute Gasteiger partial charge is 0.0638 e. The van der Waals surface area contributed by atoms with Crippen molar-refractivity contribution in [2.45, 2.75) is 38.5 Å². The normalized spacial score (nSPS) is 24.2. The predicted molar refractivity (Wildman–Crippen MR) is 78.5 cm³/mol. The second-order valence-electron chi connectivity index (χ2n) is 5.16. The lowest BCUT2D eigenvalue weighted by Gasteiger charge is -2.38. The van der Waals surface area contributed by atoms with Crippen molar-refractivity contribution in [3.63, 3.8) is 0 Å². The van der Waals surface area contributed by atoms with E-state index in [-0.39, 0.29) is 12.4 Å². The van der Waals surface area contributed by atoms with Gasteiger partial charge in [-0.15, -0.1) is 12.4 Å². The Labute approximate surface area is 121 Å². The lowest BCUT2D eigenvalue weighted by Crippen LogP contribution is -2.48. The SMILES string of the molecule is COC1CCN(Cc2cn(C)nc2C)C(CN)C1.Cl. The summed E-state index contributed by atoms with van der Waals surface area (Å²) in [6, 6.07) is 0.420. The zero-order valence-corrected chi connectivity index (χ0v) is 12.8. The molecule has 0 spiro atoms. The third-order valence-electron chi connectivity index (χ3n) is 3.88. The van der Waals surface area contributed by atoms with Gasteiger partial charge in [-0.2, -0.15) is 5.10 Å². The molecule has 1 aromatic rings. The number of nitrogens with zero attached hydrogens (tertiary/aromatic N) is 3. The van der Waals surface area contributed by atoms with Gasteiger partial charge in [-0.3, -0.25) is 9.58 Å². The van der Waals surface area contributed by atoms with Gasteiger partial charge in [-0.1, -0.05) is 0 Å². The number of ether oxygens (including phenoxy) is 1. The van der Waals surface area contributed by atoms with Gasteiger partial charge in [-0.05, 0) is 19.8 Å². The van der Waals surface area contributed by atoms with E-state index in [0.29, 0.717) is 18.7 Å². The summed E-state index contributed by atoms with van der Waals surface area (Å²) in [4.78, 5) is 2.46. The van der Waals surface area contributed by atoms with Crippen LogP contribution in [0.15, 0.2) is 6.20 Å². The van der Waals surface area contributed by atoms with Crippen LogP contribution in [0, 0.1) is 6.92 Å². The van der Waals surface area contributed by atoms with Crippen molar-refractivity contribution in [1.29, 1.82) is 0 Å². The fraction of sp³-hybridized carbons (Fsp3) is 0.769. The van der Waals surface area contributed by atoms with Crippen LogP contribution in [0.25, 0.3) is 0 Å². The van der Waals surface area contributed by atoms with Gasteiger partial charge in [0.05, 0.1) is 11.8 Å². The molecule has 0 bridgehead atoms. The predicted octanol–water partition coefficient (Wildman–Crippen LogP) is 1.09. The molecule has 2 unspecified atom stereocenters. The van der Waals surface area contributed by atoms with Crippen LogP contribution in [-0.4, -0.2) is 47.0 Å². The molecule has 2 N–H and O–H groups in total. The van der Waals surface area contributed by atoms with Crippen LogP contribution in [-0.2, 0) is 18.3 Å². The first kappa shape index (κ1) is 16.4. The topological polar surface area (TPSA) is 56.3 Å². The van der Waals surface area contributed by atoms with Crippen molar-refractivity contribution in [2.75, 3.05) is 20.2 Å². The maximum absolute atomic E-state index is 5.89. The molecule has 5 nitrogen and oxygen atoms in total. The highest BCUT2D eigenvalue weighted by molar-refractivity contribution is 5.85. The third-order valence-corrected chi connectivity index (χ3v) is 3.88. The first-order valence-corrected chi connectivity index (χ1v) is 6.60. The number of aryl methyl sites for hydroxylation is 2. The van der Waals surface area contributed by atoms with Crippen molar-refractivity contribution in [1.82, 2.24) is 14.7 Å². The number of aromatic nitrogens is 2. The molecule has 0 saturated carbocycles. The molecule has 1 aliphatic rings. The quantitative estimate of drug-likeness (QED) is 0.901. The Bertz CT molecular complexity index is 396. The molecule has 2 atom stereocenters. The van der Waals surface area contributed by atoms with Gasteiger partial charge in [0, 0.05) is 51.6 Å². The molecule has 2 rings (SSSR count). The van der Waals surface area contributed by atoms with Crippen LogP contribution in [0.4, 0.5) is 0 Å². The minimum atomic E-state index is 0. The van der Waals surface area contributed by atoms with E-state index in [1.165, 1.54) is 5.56 Å². The highest BCUT2D eigenvalue weighted by Crippen LogP contribution is 2.21. The summed E-state index contributed by atoms with van der Waals surface area (Å²) >= 11 is 0. The van der Waals surface area contributed by atoms with E-state index < -0.39 is 0 Å². The van der Waals surface area contributed by atoms with Gasteiger partial charge in [-0.25, -0.2) is 0 Å². The van der Waals surface area contributed by atoms with Crippen LogP contribution in [0.5, 0.6) is 0 Å². The van der Waals surface area contributed by atoms with Crippen molar-refractivity contribution in [3.8, 4) is 0 Å². The van der Waals surface area contributed by atoms with E-state index in [0.717, 1.165) is 31.6 Å². The molecule has 1 fully saturated rings. The fourth-order valence-electron chi connectivity index (χ4n) is 2.75. The summed E-state index contributed by atoms with van der Waals surface area (Å²) in [7, 11) is 3.76. The minimum absolute atomic E-state index is 0.